The summed E-state index contributed by atoms with van der Waals surface area (Å²) in [6.45, 7) is 1.25. The fourth-order valence-electron chi connectivity index (χ4n) is 2.24. The molecule has 1 saturated heterocycles. The van der Waals surface area contributed by atoms with Crippen molar-refractivity contribution >= 4 is 32.5 Å². The first-order valence-corrected chi connectivity index (χ1v) is 9.97. The molecule has 3 heterocycles. The van der Waals surface area contributed by atoms with E-state index in [1.807, 2.05) is 22.9 Å². The lowest BCUT2D eigenvalue weighted by atomic mass is 10.2. The summed E-state index contributed by atoms with van der Waals surface area (Å²) < 4.78 is 29.6. The zero-order valence-electron chi connectivity index (χ0n) is 10.8. The van der Waals surface area contributed by atoms with E-state index in [0.717, 1.165) is 16.3 Å². The third kappa shape index (κ3) is 3.46. The molecular formula is C13H15NO3S3. The van der Waals surface area contributed by atoms with Crippen LogP contribution >= 0.6 is 22.7 Å². The number of ether oxygens (including phenoxy) is 1. The minimum absolute atomic E-state index is 0.0331. The molecule has 2 aromatic rings. The first kappa shape index (κ1) is 14.2. The Kier molecular flexibility index (Phi) is 4.21. The zero-order chi connectivity index (χ0) is 14.0. The van der Waals surface area contributed by atoms with Crippen molar-refractivity contribution in [2.75, 3.05) is 19.0 Å². The van der Waals surface area contributed by atoms with Crippen molar-refractivity contribution in [3.05, 3.63) is 28.6 Å². The molecule has 0 aliphatic carbocycles. The highest BCUT2D eigenvalue weighted by molar-refractivity contribution is 7.90. The Morgan fingerprint density at radius 3 is 3.00 bits per heavy atom. The molecule has 0 saturated carbocycles. The van der Waals surface area contributed by atoms with Gasteiger partial charge in [-0.25, -0.2) is 13.4 Å². The van der Waals surface area contributed by atoms with E-state index >= 15 is 0 Å². The fourth-order valence-corrected chi connectivity index (χ4v) is 5.68. The van der Waals surface area contributed by atoms with Crippen LogP contribution in [-0.2, 0) is 20.3 Å². The summed E-state index contributed by atoms with van der Waals surface area (Å²) in [6.07, 6.45) is 0.844. The number of hydrogen-bond donors (Lipinski definition) is 0. The molecule has 0 amide bonds. The lowest BCUT2D eigenvalue weighted by molar-refractivity contribution is 0.188. The third-order valence-electron chi connectivity index (χ3n) is 3.17. The molecular weight excluding hydrogens is 314 g/mol. The van der Waals surface area contributed by atoms with Crippen LogP contribution < -0.4 is 0 Å². The maximum absolute atomic E-state index is 12.2. The van der Waals surface area contributed by atoms with E-state index < -0.39 is 9.84 Å². The summed E-state index contributed by atoms with van der Waals surface area (Å²) in [5, 5.41) is 4.74. The molecule has 0 bridgehead atoms. The highest BCUT2D eigenvalue weighted by atomic mass is 32.2. The summed E-state index contributed by atoms with van der Waals surface area (Å²) in [5.74, 6) is 0.389. The van der Waals surface area contributed by atoms with Gasteiger partial charge in [-0.2, -0.15) is 0 Å². The van der Waals surface area contributed by atoms with Crippen LogP contribution in [0.1, 0.15) is 12.1 Å². The van der Waals surface area contributed by atoms with Gasteiger partial charge in [-0.1, -0.05) is 6.07 Å². The molecule has 4 nitrogen and oxygen atoms in total. The maximum Gasteiger partial charge on any atom is 0.156 e. The molecule has 20 heavy (non-hydrogen) atoms. The van der Waals surface area contributed by atoms with Crippen LogP contribution in [0.15, 0.2) is 22.9 Å². The van der Waals surface area contributed by atoms with Gasteiger partial charge in [0.25, 0.3) is 0 Å². The quantitative estimate of drug-likeness (QED) is 0.846. The maximum atomic E-state index is 12.2. The minimum atomic E-state index is -3.11. The van der Waals surface area contributed by atoms with Gasteiger partial charge in [-0.3, -0.25) is 0 Å². The molecule has 7 heteroatoms. The number of hydrogen-bond acceptors (Lipinski definition) is 6. The number of thiophene rings is 1. The average Bonchev–Trinajstić information content (AvgIpc) is 3.07. The standard InChI is InChI=1S/C13H15NO3S3/c15-20(16,8-10-3-4-17-6-10)9-11-7-19-13(14-11)12-2-1-5-18-12/h1-2,5,7,10H,3-4,6,8-9H2/t10-/m1/s1. The largest absolute Gasteiger partial charge is 0.381 e. The van der Waals surface area contributed by atoms with E-state index in [1.54, 1.807) is 11.3 Å². The van der Waals surface area contributed by atoms with Crippen LogP contribution in [0.5, 0.6) is 0 Å². The number of nitrogens with zero attached hydrogens (tertiary/aromatic N) is 1. The molecule has 1 aliphatic heterocycles. The molecule has 1 atom stereocenters. The van der Waals surface area contributed by atoms with E-state index in [9.17, 15) is 8.42 Å². The van der Waals surface area contributed by atoms with Gasteiger partial charge in [-0.15, -0.1) is 22.7 Å². The third-order valence-corrected chi connectivity index (χ3v) is 6.81. The first-order valence-electron chi connectivity index (χ1n) is 6.39. The summed E-state index contributed by atoms with van der Waals surface area (Å²) in [4.78, 5) is 5.52. The Balaban J connectivity index is 1.68. The lowest BCUT2D eigenvalue weighted by Crippen LogP contribution is -2.18. The lowest BCUT2D eigenvalue weighted by Gasteiger charge is -2.07. The normalized spacial score (nSPS) is 19.5. The second-order valence-electron chi connectivity index (χ2n) is 4.91. The van der Waals surface area contributed by atoms with E-state index in [4.69, 9.17) is 4.74 Å². The van der Waals surface area contributed by atoms with Crippen LogP contribution in [0.25, 0.3) is 9.88 Å². The predicted octanol–water partition coefficient (Wildman–Crippen LogP) is 2.82. The van der Waals surface area contributed by atoms with Crippen molar-refractivity contribution < 1.29 is 13.2 Å². The van der Waals surface area contributed by atoms with Crippen LogP contribution in [0.2, 0.25) is 0 Å². The number of aromatic nitrogens is 1. The number of thiazole rings is 1. The van der Waals surface area contributed by atoms with Gasteiger partial charge in [-0.05, 0) is 23.8 Å². The van der Waals surface area contributed by atoms with Crippen LogP contribution in [0.4, 0.5) is 0 Å². The second-order valence-corrected chi connectivity index (χ2v) is 8.82. The molecule has 0 spiro atoms. The van der Waals surface area contributed by atoms with Crippen molar-refractivity contribution in [2.45, 2.75) is 12.2 Å². The topological polar surface area (TPSA) is 56.3 Å². The van der Waals surface area contributed by atoms with Gasteiger partial charge in [0, 0.05) is 12.0 Å². The summed E-state index contributed by atoms with van der Waals surface area (Å²) in [7, 11) is -3.11. The van der Waals surface area contributed by atoms with E-state index in [-0.39, 0.29) is 17.4 Å². The molecule has 1 aliphatic rings. The van der Waals surface area contributed by atoms with Crippen LogP contribution in [-0.4, -0.2) is 32.4 Å². The van der Waals surface area contributed by atoms with Gasteiger partial charge >= 0.3 is 0 Å². The smallest absolute Gasteiger partial charge is 0.156 e. The molecule has 1 fully saturated rings. The number of sulfone groups is 1. The first-order chi connectivity index (χ1) is 9.62. The summed E-state index contributed by atoms with van der Waals surface area (Å²) in [6, 6.07) is 3.97. The molecule has 0 aromatic carbocycles. The zero-order valence-corrected chi connectivity index (χ0v) is 13.3. The Labute approximate surface area is 126 Å². The molecule has 0 radical (unpaired) electrons. The Hall–Kier alpha value is -0.760. The summed E-state index contributed by atoms with van der Waals surface area (Å²) in [5.41, 5.74) is 0.650. The van der Waals surface area contributed by atoms with Crippen LogP contribution in [0.3, 0.4) is 0 Å². The number of rotatable bonds is 5. The molecule has 0 N–H and O–H groups in total. The van der Waals surface area contributed by atoms with Gasteiger partial charge in [0.1, 0.15) is 5.01 Å². The van der Waals surface area contributed by atoms with Gasteiger partial charge in [0.2, 0.25) is 0 Å². The monoisotopic (exact) mass is 329 g/mol. The van der Waals surface area contributed by atoms with E-state index in [1.165, 1.54) is 11.3 Å². The highest BCUT2D eigenvalue weighted by Crippen LogP contribution is 2.28. The van der Waals surface area contributed by atoms with Gasteiger partial charge in [0.15, 0.2) is 9.84 Å². The van der Waals surface area contributed by atoms with E-state index in [2.05, 4.69) is 4.98 Å². The average molecular weight is 329 g/mol. The van der Waals surface area contributed by atoms with Crippen LogP contribution in [0, 0.1) is 5.92 Å². The van der Waals surface area contributed by atoms with Crippen molar-refractivity contribution in [1.82, 2.24) is 4.98 Å². The molecule has 108 valence electrons. The molecule has 3 rings (SSSR count). The van der Waals surface area contributed by atoms with Crippen molar-refractivity contribution in [1.29, 1.82) is 0 Å². The molecule has 2 aromatic heterocycles. The van der Waals surface area contributed by atoms with E-state index in [0.29, 0.717) is 18.9 Å². The van der Waals surface area contributed by atoms with Gasteiger partial charge < -0.3 is 4.74 Å². The summed E-state index contributed by atoms with van der Waals surface area (Å²) >= 11 is 3.12. The predicted molar refractivity (Wildman–Crippen MR) is 81.8 cm³/mol. The van der Waals surface area contributed by atoms with Crippen molar-refractivity contribution in [3.8, 4) is 9.88 Å². The SMILES string of the molecule is O=S(=O)(Cc1csc(-c2cccs2)n1)C[C@@H]1CCOC1. The minimum Gasteiger partial charge on any atom is -0.381 e. The highest BCUT2D eigenvalue weighted by Gasteiger charge is 2.24. The van der Waals surface area contributed by atoms with Crippen molar-refractivity contribution in [3.63, 3.8) is 0 Å². The fraction of sp³-hybridized carbons (Fsp3) is 0.462. The Morgan fingerprint density at radius 1 is 1.40 bits per heavy atom. The van der Waals surface area contributed by atoms with Gasteiger partial charge in [0.05, 0.1) is 28.7 Å². The Bertz CT molecular complexity index is 655. The second kappa shape index (κ2) is 5.93. The molecule has 0 unspecified atom stereocenters. The Morgan fingerprint density at radius 2 is 2.30 bits per heavy atom. The van der Waals surface area contributed by atoms with Crippen molar-refractivity contribution in [2.24, 2.45) is 5.92 Å².